The lowest BCUT2D eigenvalue weighted by molar-refractivity contribution is 0.416. The minimum absolute atomic E-state index is 0.875. The van der Waals surface area contributed by atoms with Crippen LogP contribution >= 0.6 is 34.4 Å². The van der Waals surface area contributed by atoms with Crippen LogP contribution in [0.4, 0.5) is 0 Å². The third-order valence-corrected chi connectivity index (χ3v) is 8.74. The van der Waals surface area contributed by atoms with Crippen LogP contribution < -0.4 is 9.47 Å². The second-order valence-corrected chi connectivity index (χ2v) is 10.5. The molecule has 0 bridgehead atoms. The SMILES string of the molecule is COc1ccccc1-c1ccc(-c2ccc(-c3ccc(-c4ccccc4OC)s3)c3nsnc23)s1. The van der Waals surface area contributed by atoms with Crippen molar-refractivity contribution in [1.82, 2.24) is 8.75 Å². The molecule has 172 valence electrons. The van der Waals surface area contributed by atoms with Crippen LogP contribution in [0.25, 0.3) is 52.8 Å². The molecule has 0 aliphatic heterocycles. The van der Waals surface area contributed by atoms with E-state index < -0.39 is 0 Å². The van der Waals surface area contributed by atoms with E-state index in [9.17, 15) is 0 Å². The zero-order valence-corrected chi connectivity index (χ0v) is 21.5. The van der Waals surface area contributed by atoms with Gasteiger partial charge in [0.25, 0.3) is 0 Å². The number of fused-ring (bicyclic) bond motifs is 1. The maximum atomic E-state index is 5.57. The summed E-state index contributed by atoms with van der Waals surface area (Å²) in [6, 6.07) is 29.2. The van der Waals surface area contributed by atoms with Crippen LogP contribution in [0.2, 0.25) is 0 Å². The van der Waals surface area contributed by atoms with Crippen molar-refractivity contribution in [2.75, 3.05) is 14.2 Å². The van der Waals surface area contributed by atoms with Crippen LogP contribution in [-0.4, -0.2) is 23.0 Å². The highest BCUT2D eigenvalue weighted by Crippen LogP contribution is 2.44. The Kier molecular flexibility index (Phi) is 5.82. The summed E-state index contributed by atoms with van der Waals surface area (Å²) < 4.78 is 20.5. The summed E-state index contributed by atoms with van der Waals surface area (Å²) in [4.78, 5) is 4.65. The van der Waals surface area contributed by atoms with Gasteiger partial charge in [-0.15, -0.1) is 22.7 Å². The molecule has 0 atom stereocenters. The molecule has 0 saturated carbocycles. The Morgan fingerprint density at radius 2 is 0.886 bits per heavy atom. The summed E-state index contributed by atoms with van der Waals surface area (Å²) >= 11 is 4.74. The first kappa shape index (κ1) is 22.0. The van der Waals surface area contributed by atoms with Gasteiger partial charge >= 0.3 is 0 Å². The third kappa shape index (κ3) is 3.91. The van der Waals surface area contributed by atoms with Crippen molar-refractivity contribution >= 4 is 45.4 Å². The molecule has 7 heteroatoms. The fraction of sp³-hybridized carbons (Fsp3) is 0.0714. The molecule has 0 aliphatic rings. The molecule has 6 aromatic rings. The Morgan fingerprint density at radius 3 is 1.31 bits per heavy atom. The van der Waals surface area contributed by atoms with Gasteiger partial charge in [0.05, 0.1) is 25.9 Å². The van der Waals surface area contributed by atoms with E-state index in [1.807, 2.05) is 36.4 Å². The summed E-state index contributed by atoms with van der Waals surface area (Å²) in [6.45, 7) is 0. The van der Waals surface area contributed by atoms with Crippen molar-refractivity contribution in [1.29, 1.82) is 0 Å². The topological polar surface area (TPSA) is 44.2 Å². The van der Waals surface area contributed by atoms with Crippen LogP contribution in [0, 0.1) is 0 Å². The number of benzene rings is 3. The summed E-state index contributed by atoms with van der Waals surface area (Å²) in [7, 11) is 3.42. The highest BCUT2D eigenvalue weighted by molar-refractivity contribution is 7.19. The number of hydrogen-bond acceptors (Lipinski definition) is 7. The lowest BCUT2D eigenvalue weighted by Crippen LogP contribution is -1.85. The van der Waals surface area contributed by atoms with Gasteiger partial charge in [-0.1, -0.05) is 36.4 Å². The zero-order valence-electron chi connectivity index (χ0n) is 19.0. The number of para-hydroxylation sites is 2. The fourth-order valence-corrected chi connectivity index (χ4v) is 6.91. The van der Waals surface area contributed by atoms with Crippen LogP contribution in [-0.2, 0) is 0 Å². The minimum atomic E-state index is 0.875. The Bertz CT molecular complexity index is 1530. The highest BCUT2D eigenvalue weighted by atomic mass is 32.1. The van der Waals surface area contributed by atoms with Crippen LogP contribution in [0.3, 0.4) is 0 Å². The predicted octanol–water partition coefficient (Wildman–Crippen LogP) is 8.50. The molecule has 0 amide bonds. The minimum Gasteiger partial charge on any atom is -0.496 e. The summed E-state index contributed by atoms with van der Waals surface area (Å²) in [6.07, 6.45) is 0. The Hall–Kier alpha value is -3.52. The second kappa shape index (κ2) is 9.26. The normalized spacial score (nSPS) is 11.1. The Morgan fingerprint density at radius 1 is 0.486 bits per heavy atom. The molecule has 0 saturated heterocycles. The van der Waals surface area contributed by atoms with E-state index in [0.29, 0.717) is 0 Å². The monoisotopic (exact) mass is 512 g/mol. The molecule has 3 heterocycles. The van der Waals surface area contributed by atoms with Crippen molar-refractivity contribution in [2.45, 2.75) is 0 Å². The first-order valence-corrected chi connectivity index (χ1v) is 13.4. The molecule has 0 N–H and O–H groups in total. The molecule has 4 nitrogen and oxygen atoms in total. The van der Waals surface area contributed by atoms with Gasteiger partial charge in [0.15, 0.2) is 0 Å². The van der Waals surface area contributed by atoms with Gasteiger partial charge in [-0.2, -0.15) is 8.75 Å². The lowest BCUT2D eigenvalue weighted by atomic mass is 10.1. The number of hydrogen-bond donors (Lipinski definition) is 0. The molecule has 0 radical (unpaired) electrons. The summed E-state index contributed by atoms with van der Waals surface area (Å²) in [5.74, 6) is 1.75. The van der Waals surface area contributed by atoms with Crippen LogP contribution in [0.15, 0.2) is 84.9 Å². The van der Waals surface area contributed by atoms with E-state index >= 15 is 0 Å². The van der Waals surface area contributed by atoms with E-state index in [2.05, 4.69) is 57.3 Å². The smallest absolute Gasteiger partial charge is 0.127 e. The van der Waals surface area contributed by atoms with E-state index in [4.69, 9.17) is 9.47 Å². The summed E-state index contributed by atoms with van der Waals surface area (Å²) in [5, 5.41) is 0. The maximum absolute atomic E-state index is 5.57. The van der Waals surface area contributed by atoms with Gasteiger partial charge in [-0.3, -0.25) is 0 Å². The number of nitrogens with zero attached hydrogens (tertiary/aromatic N) is 2. The molecule has 0 spiro atoms. The molecular weight excluding hydrogens is 493 g/mol. The first-order chi connectivity index (χ1) is 17.3. The van der Waals surface area contributed by atoms with Gasteiger partial charge in [0.1, 0.15) is 22.5 Å². The van der Waals surface area contributed by atoms with Crippen molar-refractivity contribution < 1.29 is 9.47 Å². The lowest BCUT2D eigenvalue weighted by Gasteiger charge is -2.06. The fourth-order valence-electron chi connectivity index (χ4n) is 4.22. The average molecular weight is 513 g/mol. The van der Waals surface area contributed by atoms with E-state index in [1.54, 1.807) is 36.9 Å². The molecular formula is C28H20N2O2S3. The molecule has 3 aromatic carbocycles. The molecule has 0 unspecified atom stereocenters. The highest BCUT2D eigenvalue weighted by Gasteiger charge is 2.18. The molecule has 3 aromatic heterocycles. The van der Waals surface area contributed by atoms with Gasteiger partial charge in [0.2, 0.25) is 0 Å². The second-order valence-electron chi connectivity index (χ2n) is 7.85. The van der Waals surface area contributed by atoms with Gasteiger partial charge in [0, 0.05) is 41.8 Å². The summed E-state index contributed by atoms with van der Waals surface area (Å²) in [5.41, 5.74) is 6.27. The average Bonchev–Trinajstić information content (AvgIpc) is 3.69. The van der Waals surface area contributed by atoms with E-state index in [1.165, 1.54) is 11.7 Å². The van der Waals surface area contributed by atoms with E-state index in [0.717, 1.165) is 64.3 Å². The van der Waals surface area contributed by atoms with Gasteiger partial charge < -0.3 is 9.47 Å². The molecule has 35 heavy (non-hydrogen) atoms. The Balaban J connectivity index is 1.40. The third-order valence-electron chi connectivity index (χ3n) is 5.90. The van der Waals surface area contributed by atoms with Crippen molar-refractivity contribution in [3.8, 4) is 53.3 Å². The number of ether oxygens (including phenoxy) is 2. The van der Waals surface area contributed by atoms with Crippen LogP contribution in [0.5, 0.6) is 11.5 Å². The standard InChI is InChI=1S/C28H20N2O2S3/c1-31-21-9-5-3-7-17(21)23-13-15-25(33-23)19-11-12-20(28-27(19)29-35-30-28)26-16-14-24(34-26)18-8-4-6-10-22(18)32-2/h3-16H,1-2H3. The predicted molar refractivity (Wildman–Crippen MR) is 148 cm³/mol. The largest absolute Gasteiger partial charge is 0.496 e. The van der Waals surface area contributed by atoms with Crippen molar-refractivity contribution in [3.05, 3.63) is 84.9 Å². The quantitative estimate of drug-likeness (QED) is 0.224. The number of methoxy groups -OCH3 is 2. The molecule has 0 aliphatic carbocycles. The Labute approximate surface area is 215 Å². The van der Waals surface area contributed by atoms with Gasteiger partial charge in [-0.25, -0.2) is 0 Å². The molecule has 6 rings (SSSR count). The zero-order chi connectivity index (χ0) is 23.8. The van der Waals surface area contributed by atoms with Gasteiger partial charge in [-0.05, 0) is 48.5 Å². The maximum Gasteiger partial charge on any atom is 0.127 e. The van der Waals surface area contributed by atoms with Crippen molar-refractivity contribution in [3.63, 3.8) is 0 Å². The first-order valence-electron chi connectivity index (χ1n) is 11.0. The number of aromatic nitrogens is 2. The van der Waals surface area contributed by atoms with Crippen LogP contribution in [0.1, 0.15) is 0 Å². The number of thiophene rings is 2. The van der Waals surface area contributed by atoms with Crippen molar-refractivity contribution in [2.24, 2.45) is 0 Å². The molecule has 0 fully saturated rings. The van der Waals surface area contributed by atoms with E-state index in [-0.39, 0.29) is 0 Å². The number of rotatable bonds is 6.